The van der Waals surface area contributed by atoms with E-state index in [4.69, 9.17) is 11.6 Å². The van der Waals surface area contributed by atoms with Crippen LogP contribution in [0.15, 0.2) is 42.6 Å². The highest BCUT2D eigenvalue weighted by molar-refractivity contribution is 6.30. The van der Waals surface area contributed by atoms with Gasteiger partial charge in [0.15, 0.2) is 0 Å². The van der Waals surface area contributed by atoms with Gasteiger partial charge >= 0.3 is 0 Å². The minimum atomic E-state index is -0.500. The van der Waals surface area contributed by atoms with Crippen molar-refractivity contribution in [2.75, 3.05) is 5.32 Å². The number of amides is 1. The predicted molar refractivity (Wildman–Crippen MR) is 98.5 cm³/mol. The first kappa shape index (κ1) is 16.5. The van der Waals surface area contributed by atoms with E-state index in [0.717, 1.165) is 16.8 Å². The van der Waals surface area contributed by atoms with Gasteiger partial charge in [-0.3, -0.25) is 9.20 Å². The lowest BCUT2D eigenvalue weighted by molar-refractivity contribution is -0.123. The minimum absolute atomic E-state index is 0.0610. The number of nitrogens with one attached hydrogen (secondary N) is 1. The van der Waals surface area contributed by atoms with Gasteiger partial charge in [-0.2, -0.15) is 0 Å². The number of fused-ring (bicyclic) bond motifs is 1. The molecule has 2 aromatic heterocycles. The number of benzene rings is 1. The molecule has 0 saturated carbocycles. The number of rotatable bonds is 2. The Morgan fingerprint density at radius 3 is 2.62 bits per heavy atom. The van der Waals surface area contributed by atoms with E-state index in [9.17, 15) is 4.79 Å². The molecule has 3 aromatic rings. The van der Waals surface area contributed by atoms with Crippen molar-refractivity contribution in [3.8, 4) is 11.3 Å². The van der Waals surface area contributed by atoms with E-state index in [0.29, 0.717) is 16.5 Å². The Labute approximate surface area is 146 Å². The van der Waals surface area contributed by atoms with Gasteiger partial charge in [0.05, 0.1) is 0 Å². The van der Waals surface area contributed by atoms with E-state index in [2.05, 4.69) is 10.3 Å². The summed E-state index contributed by atoms with van der Waals surface area (Å²) in [5.74, 6) is 0.602. The molecule has 4 nitrogen and oxygen atoms in total. The Morgan fingerprint density at radius 1 is 1.21 bits per heavy atom. The molecule has 24 heavy (non-hydrogen) atoms. The molecule has 1 N–H and O–H groups in total. The molecule has 0 bridgehead atoms. The summed E-state index contributed by atoms with van der Waals surface area (Å²) in [6.45, 7) is 7.66. The number of nitrogens with zero attached hydrogens (tertiary/aromatic N) is 2. The average Bonchev–Trinajstić information content (AvgIpc) is 2.84. The molecular formula is C19H20ClN3O. The zero-order valence-electron chi connectivity index (χ0n) is 14.2. The van der Waals surface area contributed by atoms with E-state index < -0.39 is 5.41 Å². The summed E-state index contributed by atoms with van der Waals surface area (Å²) in [6.07, 6.45) is 1.97. The zero-order valence-corrected chi connectivity index (χ0v) is 15.0. The highest BCUT2D eigenvalue weighted by Gasteiger charge is 2.24. The van der Waals surface area contributed by atoms with Gasteiger partial charge in [0, 0.05) is 22.2 Å². The molecule has 0 aliphatic rings. The predicted octanol–water partition coefficient (Wildman–Crippen LogP) is 4.95. The summed E-state index contributed by atoms with van der Waals surface area (Å²) in [7, 11) is 0. The molecule has 0 aliphatic carbocycles. The van der Waals surface area contributed by atoms with Crippen LogP contribution < -0.4 is 5.32 Å². The van der Waals surface area contributed by atoms with Crippen molar-refractivity contribution >= 4 is 29.0 Å². The fourth-order valence-corrected chi connectivity index (χ4v) is 2.59. The number of hydrogen-bond acceptors (Lipinski definition) is 2. The smallest absolute Gasteiger partial charge is 0.230 e. The fraction of sp³-hybridized carbons (Fsp3) is 0.263. The minimum Gasteiger partial charge on any atom is -0.309 e. The van der Waals surface area contributed by atoms with Gasteiger partial charge in [0.2, 0.25) is 5.91 Å². The molecule has 0 fully saturated rings. The third-order valence-electron chi connectivity index (χ3n) is 3.78. The van der Waals surface area contributed by atoms with Gasteiger partial charge in [-0.15, -0.1) is 0 Å². The lowest BCUT2D eigenvalue weighted by atomic mass is 9.95. The number of anilines is 1. The Balaban J connectivity index is 2.21. The van der Waals surface area contributed by atoms with Crippen molar-refractivity contribution in [2.45, 2.75) is 27.7 Å². The summed E-state index contributed by atoms with van der Waals surface area (Å²) in [5.41, 5.74) is 2.94. The van der Waals surface area contributed by atoms with Gasteiger partial charge in [-0.25, -0.2) is 4.98 Å². The highest BCUT2D eigenvalue weighted by atomic mass is 35.5. The second-order valence-corrected chi connectivity index (χ2v) is 7.39. The number of hydrogen-bond donors (Lipinski definition) is 1. The lowest BCUT2D eigenvalue weighted by Crippen LogP contribution is -2.28. The summed E-state index contributed by atoms with van der Waals surface area (Å²) in [6, 6.07) is 11.4. The molecular weight excluding hydrogens is 322 g/mol. The molecule has 0 aliphatic heterocycles. The van der Waals surface area contributed by atoms with Crippen molar-refractivity contribution in [1.29, 1.82) is 0 Å². The summed E-state index contributed by atoms with van der Waals surface area (Å²) >= 11 is 6.13. The van der Waals surface area contributed by atoms with Crippen LogP contribution in [-0.4, -0.2) is 15.3 Å². The maximum absolute atomic E-state index is 12.5. The second-order valence-electron chi connectivity index (χ2n) is 6.96. The van der Waals surface area contributed by atoms with E-state index in [1.54, 1.807) is 0 Å². The van der Waals surface area contributed by atoms with E-state index in [1.807, 2.05) is 74.7 Å². The van der Waals surface area contributed by atoms with Crippen molar-refractivity contribution < 1.29 is 4.79 Å². The Hall–Kier alpha value is -2.33. The topological polar surface area (TPSA) is 46.4 Å². The third-order valence-corrected chi connectivity index (χ3v) is 4.01. The highest BCUT2D eigenvalue weighted by Crippen LogP contribution is 2.31. The van der Waals surface area contributed by atoms with Gasteiger partial charge in [0.25, 0.3) is 0 Å². The lowest BCUT2D eigenvalue weighted by Gasteiger charge is -2.18. The summed E-state index contributed by atoms with van der Waals surface area (Å²) < 4.78 is 1.91. The number of imidazole rings is 1. The van der Waals surface area contributed by atoms with Gasteiger partial charge in [0.1, 0.15) is 17.2 Å². The van der Waals surface area contributed by atoms with Crippen LogP contribution in [0.1, 0.15) is 26.3 Å². The Kier molecular flexibility index (Phi) is 4.10. The number of carbonyl (C=O) groups excluding carboxylic acids is 1. The van der Waals surface area contributed by atoms with E-state index in [1.165, 1.54) is 0 Å². The standard InChI is InChI=1S/C19H20ClN3O/c1-12-8-9-15-21-16(13-6-5-7-14(20)10-13)17(23(15)11-12)22-18(24)19(2,3)4/h5-11H,1-4H3,(H,22,24). The average molecular weight is 342 g/mol. The normalized spacial score (nSPS) is 11.7. The van der Waals surface area contributed by atoms with Crippen LogP contribution >= 0.6 is 11.6 Å². The van der Waals surface area contributed by atoms with Gasteiger partial charge in [-0.05, 0) is 30.7 Å². The molecule has 1 amide bonds. The third kappa shape index (κ3) is 3.15. The van der Waals surface area contributed by atoms with Crippen LogP contribution in [0.4, 0.5) is 5.82 Å². The van der Waals surface area contributed by atoms with Gasteiger partial charge in [-0.1, -0.05) is 50.6 Å². The zero-order chi connectivity index (χ0) is 17.5. The van der Waals surface area contributed by atoms with Crippen molar-refractivity contribution in [3.05, 3.63) is 53.2 Å². The molecule has 0 radical (unpaired) electrons. The van der Waals surface area contributed by atoms with E-state index in [-0.39, 0.29) is 5.91 Å². The van der Waals surface area contributed by atoms with Crippen LogP contribution in [0.2, 0.25) is 5.02 Å². The van der Waals surface area contributed by atoms with Gasteiger partial charge < -0.3 is 5.32 Å². The molecule has 0 unspecified atom stereocenters. The number of aromatic nitrogens is 2. The monoisotopic (exact) mass is 341 g/mol. The number of aryl methyl sites for hydroxylation is 1. The van der Waals surface area contributed by atoms with E-state index >= 15 is 0 Å². The quantitative estimate of drug-likeness (QED) is 0.717. The molecule has 0 atom stereocenters. The van der Waals surface area contributed by atoms with Crippen LogP contribution in [0.3, 0.4) is 0 Å². The van der Waals surface area contributed by atoms with Crippen LogP contribution in [0, 0.1) is 12.3 Å². The maximum atomic E-state index is 12.5. The number of carbonyl (C=O) groups is 1. The summed E-state index contributed by atoms with van der Waals surface area (Å²) in [4.78, 5) is 17.2. The first-order chi connectivity index (χ1) is 11.3. The van der Waals surface area contributed by atoms with Crippen LogP contribution in [0.5, 0.6) is 0 Å². The molecule has 0 spiro atoms. The Bertz CT molecular complexity index is 922. The van der Waals surface area contributed by atoms with Crippen molar-refractivity contribution in [3.63, 3.8) is 0 Å². The molecule has 124 valence electrons. The van der Waals surface area contributed by atoms with Crippen LogP contribution in [-0.2, 0) is 4.79 Å². The molecule has 2 heterocycles. The SMILES string of the molecule is Cc1ccc2nc(-c3cccc(Cl)c3)c(NC(=O)C(C)(C)C)n2c1. The van der Waals surface area contributed by atoms with Crippen molar-refractivity contribution in [1.82, 2.24) is 9.38 Å². The van der Waals surface area contributed by atoms with Crippen LogP contribution in [0.25, 0.3) is 16.9 Å². The second kappa shape index (κ2) is 5.95. The molecule has 5 heteroatoms. The Morgan fingerprint density at radius 2 is 1.96 bits per heavy atom. The first-order valence-corrected chi connectivity index (χ1v) is 8.19. The summed E-state index contributed by atoms with van der Waals surface area (Å²) in [5, 5.41) is 3.67. The molecule has 1 aromatic carbocycles. The molecule has 0 saturated heterocycles. The fourth-order valence-electron chi connectivity index (χ4n) is 2.40. The maximum Gasteiger partial charge on any atom is 0.230 e. The number of halogens is 1. The molecule has 3 rings (SSSR count). The number of pyridine rings is 1. The largest absolute Gasteiger partial charge is 0.309 e. The van der Waals surface area contributed by atoms with Crippen molar-refractivity contribution in [2.24, 2.45) is 5.41 Å². The first-order valence-electron chi connectivity index (χ1n) is 7.82.